The summed E-state index contributed by atoms with van der Waals surface area (Å²) in [6, 6.07) is 0. The van der Waals surface area contributed by atoms with Gasteiger partial charge >= 0.3 is 0 Å². The second kappa shape index (κ2) is 12.8. The Morgan fingerprint density at radius 3 is 0.441 bits per heavy atom. The van der Waals surface area contributed by atoms with Crippen LogP contribution < -0.4 is 0 Å². The van der Waals surface area contributed by atoms with Crippen molar-refractivity contribution in [2.75, 3.05) is 93.4 Å². The molecule has 0 bridgehead atoms. The van der Waals surface area contributed by atoms with Crippen LogP contribution in [0.1, 0.15) is 0 Å². The average molecular weight is 534 g/mol. The molecular weight excluding hydrogens is 506 g/mol. The van der Waals surface area contributed by atoms with Gasteiger partial charge in [0.2, 0.25) is 0 Å². The van der Waals surface area contributed by atoms with Gasteiger partial charge in [-0.3, -0.25) is 61.5 Å². The van der Waals surface area contributed by atoms with Gasteiger partial charge in [-0.1, -0.05) is 0 Å². The van der Waals surface area contributed by atoms with E-state index in [1.54, 1.807) is 0 Å². The molecule has 0 aromatic heterocycles. The van der Waals surface area contributed by atoms with Crippen LogP contribution in [0.25, 0.3) is 0 Å². The van der Waals surface area contributed by atoms with Crippen LogP contribution in [-0.2, 0) is 0 Å². The van der Waals surface area contributed by atoms with E-state index in [0.29, 0.717) is 0 Å². The second-order valence-corrected chi connectivity index (χ2v) is 8.76. The minimum absolute atomic E-state index is 2.40. The largest absolute Gasteiger partial charge is 0.250 e. The van der Waals surface area contributed by atoms with Gasteiger partial charge in [0, 0.05) is 10.8 Å². The highest BCUT2D eigenvalue weighted by molar-refractivity contribution is 5.22. The summed E-state index contributed by atoms with van der Waals surface area (Å²) in [6.45, 7) is -35.7. The van der Waals surface area contributed by atoms with Crippen LogP contribution >= 0.6 is 0 Å². The lowest BCUT2D eigenvalue weighted by Gasteiger charge is -2.66. The van der Waals surface area contributed by atoms with E-state index in [9.17, 15) is 61.5 Å². The molecule has 0 rings (SSSR count). The van der Waals surface area contributed by atoms with Crippen molar-refractivity contribution in [3.63, 3.8) is 0 Å². The Hall–Kier alpha value is -0.980. The first kappa shape index (κ1) is 33.0. The van der Waals surface area contributed by atoms with Gasteiger partial charge in [-0.2, -0.15) is 0 Å². The molecule has 0 spiro atoms. The van der Waals surface area contributed by atoms with Crippen LogP contribution in [0.5, 0.6) is 0 Å². The quantitative estimate of drug-likeness (QED) is 0.167. The van der Waals surface area contributed by atoms with Gasteiger partial charge < -0.3 is 0 Å². The third kappa shape index (κ3) is 3.78. The van der Waals surface area contributed by atoms with Gasteiger partial charge in [-0.15, -0.1) is 0 Å². The van der Waals surface area contributed by atoms with Crippen LogP contribution in [-0.4, -0.2) is 93.4 Å². The van der Waals surface area contributed by atoms with Crippen LogP contribution in [0.4, 0.5) is 61.5 Å². The molecule has 0 nitrogen and oxygen atoms in total. The molecule has 0 N–H and O–H groups in total. The highest BCUT2D eigenvalue weighted by Gasteiger charge is 2.79. The van der Waals surface area contributed by atoms with E-state index in [0.717, 1.165) is 0 Å². The smallest absolute Gasteiger partial charge is 0.101 e. The topological polar surface area (TPSA) is 0 Å². The van der Waals surface area contributed by atoms with E-state index in [1.165, 1.54) is 0 Å². The molecule has 0 aliphatic carbocycles. The molecule has 206 valence electrons. The van der Waals surface area contributed by atoms with Crippen LogP contribution in [0.3, 0.4) is 0 Å². The van der Waals surface area contributed by atoms with Crippen molar-refractivity contribution in [1.29, 1.82) is 0 Å². The fraction of sp³-hybridized carbons (Fsp3) is 1.00. The molecule has 0 heterocycles. The highest BCUT2D eigenvalue weighted by Crippen LogP contribution is 2.70. The normalized spacial score (nSPS) is 14.6. The minimum Gasteiger partial charge on any atom is -0.250 e. The summed E-state index contributed by atoms with van der Waals surface area (Å²) in [5, 5.41) is 0. The molecule has 0 radical (unpaired) electrons. The monoisotopic (exact) mass is 534 g/mol. The molecule has 0 aromatic rings. The van der Waals surface area contributed by atoms with Crippen molar-refractivity contribution in [3.8, 4) is 0 Å². The minimum atomic E-state index is -4.19. The molecule has 0 amide bonds. The van der Waals surface area contributed by atoms with E-state index in [-0.39, 0.29) is 0 Å². The van der Waals surface area contributed by atoms with Crippen LogP contribution in [0.15, 0.2) is 0 Å². The van der Waals surface area contributed by atoms with Crippen molar-refractivity contribution >= 4 is 0 Å². The van der Waals surface area contributed by atoms with E-state index in [1.807, 2.05) is 0 Å². The molecule has 0 saturated heterocycles. The Morgan fingerprint density at radius 2 is 0.353 bits per heavy atom. The summed E-state index contributed by atoms with van der Waals surface area (Å²) in [5.41, 5.74) is -23.8. The molecule has 0 atom stereocenters. The van der Waals surface area contributed by atoms with Gasteiger partial charge in [0.25, 0.3) is 0 Å². The lowest BCUT2D eigenvalue weighted by molar-refractivity contribution is -0.286. The third-order valence-corrected chi connectivity index (χ3v) is 8.14. The number of hydrogen-bond donors (Lipinski definition) is 0. The Balaban J connectivity index is 8.18. The fourth-order valence-corrected chi connectivity index (χ4v) is 5.16. The Kier molecular flexibility index (Phi) is 12.5. The fourth-order valence-electron chi connectivity index (χ4n) is 5.16. The van der Waals surface area contributed by atoms with Gasteiger partial charge in [-0.05, 0) is 0 Å². The van der Waals surface area contributed by atoms with Crippen molar-refractivity contribution in [2.45, 2.75) is 0 Å². The first-order valence-corrected chi connectivity index (χ1v) is 9.94. The molecule has 0 aromatic carbocycles. The Bertz CT molecular complexity index is 495. The number of halogens is 14. The molecule has 0 aliphatic rings. The molecule has 14 heteroatoms. The molecule has 0 unspecified atom stereocenters. The molecular formula is C20H28F14. The predicted octanol–water partition coefficient (Wildman–Crippen LogP) is 6.48. The van der Waals surface area contributed by atoms with Crippen LogP contribution in [0, 0.1) is 32.5 Å². The third-order valence-electron chi connectivity index (χ3n) is 8.14. The Labute approximate surface area is 188 Å². The highest BCUT2D eigenvalue weighted by atomic mass is 19.2. The summed E-state index contributed by atoms with van der Waals surface area (Å²) < 4.78 is 200. The van der Waals surface area contributed by atoms with E-state index >= 15 is 0 Å². The summed E-state index contributed by atoms with van der Waals surface area (Å²) in [5.74, 6) is 0. The molecule has 0 aliphatic heterocycles. The summed E-state index contributed by atoms with van der Waals surface area (Å²) in [4.78, 5) is 0. The van der Waals surface area contributed by atoms with Gasteiger partial charge in [0.05, 0.1) is 75.1 Å². The number of rotatable bonds is 19. The Morgan fingerprint density at radius 1 is 0.206 bits per heavy atom. The first-order valence-electron chi connectivity index (χ1n) is 9.94. The van der Waals surface area contributed by atoms with E-state index < -0.39 is 126 Å². The van der Waals surface area contributed by atoms with Crippen molar-refractivity contribution in [1.82, 2.24) is 0 Å². The molecule has 0 fully saturated rings. The van der Waals surface area contributed by atoms with Gasteiger partial charge in [0.15, 0.2) is 0 Å². The number of hydrogen-bond acceptors (Lipinski definition) is 0. The number of alkyl halides is 14. The standard InChI is InChI=1S/C20H28F14/c21-1-15(2-22,3-23)17(7-27,8-28)19(11-31,12-32)20(13-33,14-34)18(9-29,10-30)16(4-24,5-25)6-26/h1-14H2. The van der Waals surface area contributed by atoms with E-state index in [2.05, 4.69) is 0 Å². The lowest BCUT2D eigenvalue weighted by atomic mass is 9.37. The maximum atomic E-state index is 14.7. The maximum Gasteiger partial charge on any atom is 0.101 e. The zero-order valence-corrected chi connectivity index (χ0v) is 18.2. The van der Waals surface area contributed by atoms with Crippen LogP contribution in [0.2, 0.25) is 0 Å². The molecule has 34 heavy (non-hydrogen) atoms. The zero-order valence-electron chi connectivity index (χ0n) is 18.2. The molecule has 0 saturated carbocycles. The van der Waals surface area contributed by atoms with Gasteiger partial charge in [-0.25, -0.2) is 0 Å². The maximum absolute atomic E-state index is 14.7. The summed E-state index contributed by atoms with van der Waals surface area (Å²) in [7, 11) is 0. The summed E-state index contributed by atoms with van der Waals surface area (Å²) >= 11 is 0. The predicted molar refractivity (Wildman–Crippen MR) is 98.2 cm³/mol. The van der Waals surface area contributed by atoms with Crippen molar-refractivity contribution in [3.05, 3.63) is 0 Å². The van der Waals surface area contributed by atoms with Crippen molar-refractivity contribution in [2.24, 2.45) is 32.5 Å². The first-order chi connectivity index (χ1) is 16.1. The lowest BCUT2D eigenvalue weighted by Crippen LogP contribution is -2.76. The van der Waals surface area contributed by atoms with Crippen molar-refractivity contribution < 1.29 is 61.5 Å². The SMILES string of the molecule is FCC(CF)(CF)C(CF)(CF)C(CF)(CF)C(CF)(CF)C(CF)(CF)C(CF)(CF)CF. The van der Waals surface area contributed by atoms with Gasteiger partial charge in [0.1, 0.15) is 40.0 Å². The van der Waals surface area contributed by atoms with E-state index in [4.69, 9.17) is 0 Å². The zero-order chi connectivity index (χ0) is 26.9. The average Bonchev–Trinajstić information content (AvgIpc) is 2.90. The summed E-state index contributed by atoms with van der Waals surface area (Å²) in [6.07, 6.45) is 0. The second-order valence-electron chi connectivity index (χ2n) is 8.76.